The molecule has 8 heteroatoms. The molecule has 0 aromatic heterocycles. The highest BCUT2D eigenvalue weighted by Crippen LogP contribution is 2.24. The lowest BCUT2D eigenvalue weighted by molar-refractivity contribution is -0.114. The van der Waals surface area contributed by atoms with Crippen LogP contribution in [0.4, 0.5) is 20.2 Å². The molecule has 0 aliphatic carbocycles. The molecule has 3 aromatic carbocycles. The van der Waals surface area contributed by atoms with Crippen LogP contribution in [0.2, 0.25) is 0 Å². The lowest BCUT2D eigenvalue weighted by Crippen LogP contribution is -2.38. The highest BCUT2D eigenvalue weighted by molar-refractivity contribution is 7.92. The van der Waals surface area contributed by atoms with Gasteiger partial charge < -0.3 is 5.32 Å². The smallest absolute Gasteiger partial charge is 0.264 e. The fourth-order valence-corrected chi connectivity index (χ4v) is 3.93. The van der Waals surface area contributed by atoms with Crippen molar-refractivity contribution in [1.29, 1.82) is 0 Å². The Hall–Kier alpha value is -3.26. The number of carbonyl (C=O) groups is 1. The van der Waals surface area contributed by atoms with Crippen LogP contribution in [0, 0.1) is 11.6 Å². The Labute approximate surface area is 161 Å². The predicted molar refractivity (Wildman–Crippen MR) is 102 cm³/mol. The predicted octanol–water partition coefficient (Wildman–Crippen LogP) is 3.80. The van der Waals surface area contributed by atoms with Gasteiger partial charge in [-0.25, -0.2) is 17.2 Å². The van der Waals surface area contributed by atoms with Gasteiger partial charge in [0.25, 0.3) is 10.0 Å². The van der Waals surface area contributed by atoms with E-state index in [9.17, 15) is 22.0 Å². The van der Waals surface area contributed by atoms with Crippen molar-refractivity contribution in [1.82, 2.24) is 0 Å². The second kappa shape index (κ2) is 8.18. The zero-order valence-electron chi connectivity index (χ0n) is 14.5. The van der Waals surface area contributed by atoms with Crippen molar-refractivity contribution in [3.63, 3.8) is 0 Å². The quantitative estimate of drug-likeness (QED) is 0.682. The molecule has 3 rings (SSSR count). The molecule has 0 radical (unpaired) electrons. The van der Waals surface area contributed by atoms with Crippen LogP contribution in [0.3, 0.4) is 0 Å². The molecular formula is C20H16F2N2O3S. The minimum absolute atomic E-state index is 0.105. The zero-order valence-corrected chi connectivity index (χ0v) is 15.4. The van der Waals surface area contributed by atoms with Gasteiger partial charge in [0.15, 0.2) is 0 Å². The minimum atomic E-state index is -4.19. The molecule has 28 heavy (non-hydrogen) atoms. The number of rotatable bonds is 6. The number of sulfonamides is 1. The Bertz CT molecular complexity index is 1050. The first kappa shape index (κ1) is 19.5. The van der Waals surface area contributed by atoms with E-state index in [2.05, 4.69) is 5.32 Å². The molecule has 0 atom stereocenters. The van der Waals surface area contributed by atoms with Gasteiger partial charge in [-0.3, -0.25) is 9.10 Å². The number of halogens is 2. The minimum Gasteiger partial charge on any atom is -0.325 e. The van der Waals surface area contributed by atoms with Crippen LogP contribution in [-0.2, 0) is 14.8 Å². The first-order valence-electron chi connectivity index (χ1n) is 8.25. The molecular weight excluding hydrogens is 386 g/mol. The van der Waals surface area contributed by atoms with Crippen molar-refractivity contribution in [2.75, 3.05) is 16.2 Å². The van der Waals surface area contributed by atoms with Crippen LogP contribution in [0.1, 0.15) is 0 Å². The van der Waals surface area contributed by atoms with E-state index in [1.54, 1.807) is 30.3 Å². The Morgan fingerprint density at radius 1 is 0.821 bits per heavy atom. The van der Waals surface area contributed by atoms with Gasteiger partial charge in [0.2, 0.25) is 5.91 Å². The van der Waals surface area contributed by atoms with Crippen LogP contribution in [0.5, 0.6) is 0 Å². The summed E-state index contributed by atoms with van der Waals surface area (Å²) in [6, 6.07) is 17.5. The Morgan fingerprint density at radius 2 is 1.36 bits per heavy atom. The average molecular weight is 402 g/mol. The van der Waals surface area contributed by atoms with Crippen molar-refractivity contribution >= 4 is 27.3 Å². The Morgan fingerprint density at radius 3 is 1.93 bits per heavy atom. The third kappa shape index (κ3) is 4.52. The van der Waals surface area contributed by atoms with Crippen LogP contribution >= 0.6 is 0 Å². The molecule has 0 saturated carbocycles. The number of anilines is 2. The van der Waals surface area contributed by atoms with Gasteiger partial charge in [0.05, 0.1) is 10.6 Å². The van der Waals surface area contributed by atoms with E-state index < -0.39 is 34.1 Å². The summed E-state index contributed by atoms with van der Waals surface area (Å²) in [7, 11) is -4.19. The zero-order chi connectivity index (χ0) is 20.1. The molecule has 1 N–H and O–H groups in total. The maximum absolute atomic E-state index is 13.3. The van der Waals surface area contributed by atoms with E-state index in [1.165, 1.54) is 12.1 Å². The number of carbonyl (C=O) groups excluding carboxylic acids is 1. The molecule has 0 aliphatic rings. The van der Waals surface area contributed by atoms with E-state index in [-0.39, 0.29) is 10.6 Å². The molecule has 5 nitrogen and oxygen atoms in total. The maximum atomic E-state index is 13.3. The lowest BCUT2D eigenvalue weighted by Gasteiger charge is -2.24. The Kier molecular flexibility index (Phi) is 5.70. The average Bonchev–Trinajstić information content (AvgIpc) is 2.68. The molecule has 0 aliphatic heterocycles. The number of para-hydroxylation sites is 1. The summed E-state index contributed by atoms with van der Waals surface area (Å²) in [6.07, 6.45) is 0. The first-order valence-corrected chi connectivity index (χ1v) is 9.69. The summed E-state index contributed by atoms with van der Waals surface area (Å²) in [5, 5.41) is 2.61. The SMILES string of the molecule is O=C(CN(c1ccc(F)cc1)S(=O)(=O)c1ccc(F)cc1)Nc1ccccc1. The monoisotopic (exact) mass is 402 g/mol. The molecule has 0 saturated heterocycles. The van der Waals surface area contributed by atoms with Gasteiger partial charge >= 0.3 is 0 Å². The van der Waals surface area contributed by atoms with Gasteiger partial charge in [0, 0.05) is 5.69 Å². The van der Waals surface area contributed by atoms with E-state index in [1.807, 2.05) is 0 Å². The largest absolute Gasteiger partial charge is 0.325 e. The maximum Gasteiger partial charge on any atom is 0.264 e. The summed E-state index contributed by atoms with van der Waals surface area (Å²) in [5.74, 6) is -1.72. The summed E-state index contributed by atoms with van der Waals surface area (Å²) >= 11 is 0. The van der Waals surface area contributed by atoms with Gasteiger partial charge in [-0.1, -0.05) is 18.2 Å². The van der Waals surface area contributed by atoms with Gasteiger partial charge in [0.1, 0.15) is 18.2 Å². The van der Waals surface area contributed by atoms with Crippen LogP contribution in [-0.4, -0.2) is 20.9 Å². The second-order valence-electron chi connectivity index (χ2n) is 5.86. The highest BCUT2D eigenvalue weighted by Gasteiger charge is 2.27. The topological polar surface area (TPSA) is 66.5 Å². The third-order valence-electron chi connectivity index (χ3n) is 3.86. The number of benzene rings is 3. The molecule has 144 valence electrons. The second-order valence-corrected chi connectivity index (χ2v) is 7.72. The van der Waals surface area contributed by atoms with E-state index in [0.29, 0.717) is 5.69 Å². The highest BCUT2D eigenvalue weighted by atomic mass is 32.2. The summed E-state index contributed by atoms with van der Waals surface area (Å²) in [4.78, 5) is 12.3. The van der Waals surface area contributed by atoms with Gasteiger partial charge in [-0.05, 0) is 60.7 Å². The van der Waals surface area contributed by atoms with E-state index in [0.717, 1.165) is 40.7 Å². The molecule has 3 aromatic rings. The normalized spacial score (nSPS) is 11.1. The third-order valence-corrected chi connectivity index (χ3v) is 5.65. The summed E-state index contributed by atoms with van der Waals surface area (Å²) < 4.78 is 53.4. The number of nitrogens with zero attached hydrogens (tertiary/aromatic N) is 1. The Balaban J connectivity index is 1.94. The van der Waals surface area contributed by atoms with Gasteiger partial charge in [-0.15, -0.1) is 0 Å². The molecule has 0 spiro atoms. The number of hydrogen-bond acceptors (Lipinski definition) is 3. The van der Waals surface area contributed by atoms with Gasteiger partial charge in [-0.2, -0.15) is 0 Å². The number of nitrogens with one attached hydrogen (secondary N) is 1. The first-order chi connectivity index (χ1) is 13.4. The molecule has 0 unspecified atom stereocenters. The van der Waals surface area contributed by atoms with Crippen molar-refractivity contribution in [3.8, 4) is 0 Å². The van der Waals surface area contributed by atoms with Crippen molar-refractivity contribution in [2.45, 2.75) is 4.90 Å². The lowest BCUT2D eigenvalue weighted by atomic mass is 10.3. The molecule has 0 bridgehead atoms. The molecule has 1 amide bonds. The van der Waals surface area contributed by atoms with Crippen molar-refractivity contribution in [2.24, 2.45) is 0 Å². The van der Waals surface area contributed by atoms with Crippen LogP contribution in [0.25, 0.3) is 0 Å². The van der Waals surface area contributed by atoms with Crippen LogP contribution < -0.4 is 9.62 Å². The van der Waals surface area contributed by atoms with Crippen molar-refractivity contribution < 1.29 is 22.0 Å². The van der Waals surface area contributed by atoms with E-state index in [4.69, 9.17) is 0 Å². The molecule has 0 fully saturated rings. The fourth-order valence-electron chi connectivity index (χ4n) is 2.51. The number of amides is 1. The van der Waals surface area contributed by atoms with Crippen LogP contribution in [0.15, 0.2) is 83.8 Å². The fraction of sp³-hybridized carbons (Fsp3) is 0.0500. The van der Waals surface area contributed by atoms with E-state index >= 15 is 0 Å². The number of hydrogen-bond donors (Lipinski definition) is 1. The molecule has 0 heterocycles. The van der Waals surface area contributed by atoms with Crippen molar-refractivity contribution in [3.05, 3.63) is 90.5 Å². The summed E-state index contributed by atoms with van der Waals surface area (Å²) in [5.41, 5.74) is 0.611. The standard InChI is InChI=1S/C20H16F2N2O3S/c21-15-6-10-18(11-7-15)24(14-20(25)23-17-4-2-1-3-5-17)28(26,27)19-12-8-16(22)9-13-19/h1-13H,14H2,(H,23,25). The summed E-state index contributed by atoms with van der Waals surface area (Å²) in [6.45, 7) is -0.541.